The maximum Gasteiger partial charge on any atom is 0.279 e. The lowest BCUT2D eigenvalue weighted by atomic mass is 9.93. The number of H-pyrrole nitrogens is 1. The van der Waals surface area contributed by atoms with E-state index in [0.29, 0.717) is 18.0 Å². The van der Waals surface area contributed by atoms with Gasteiger partial charge in [0, 0.05) is 31.2 Å². The van der Waals surface area contributed by atoms with Gasteiger partial charge in [-0.05, 0) is 24.8 Å². The first-order chi connectivity index (χ1) is 14.0. The first kappa shape index (κ1) is 18.5. The van der Waals surface area contributed by atoms with Crippen LogP contribution in [0.25, 0.3) is 16.8 Å². The molecule has 3 atom stereocenters. The van der Waals surface area contributed by atoms with Crippen LogP contribution in [-0.4, -0.2) is 56.4 Å². The number of nitriles is 1. The highest BCUT2D eigenvalue weighted by Crippen LogP contribution is 2.41. The molecule has 0 aromatic carbocycles. The molecule has 3 unspecified atom stereocenters. The highest BCUT2D eigenvalue weighted by molar-refractivity contribution is 7.87. The van der Waals surface area contributed by atoms with E-state index in [1.54, 1.807) is 6.20 Å². The SMILES string of the molecule is CCC1CC(NS(=O)(=O)N2CC(C#N)C2)CC1c1nnc2cnc3[nH]ccc3n12. The van der Waals surface area contributed by atoms with E-state index in [0.717, 1.165) is 29.8 Å². The van der Waals surface area contributed by atoms with Gasteiger partial charge in [-0.25, -0.2) is 4.98 Å². The topological polar surface area (TPSA) is 132 Å². The Morgan fingerprint density at radius 2 is 2.17 bits per heavy atom. The van der Waals surface area contributed by atoms with Gasteiger partial charge in [0.15, 0.2) is 11.3 Å². The first-order valence-electron chi connectivity index (χ1n) is 9.84. The third kappa shape index (κ3) is 2.99. The number of fused-ring (bicyclic) bond motifs is 3. The average Bonchev–Trinajstić information content (AvgIpc) is 3.36. The van der Waals surface area contributed by atoms with Crippen molar-refractivity contribution in [3.63, 3.8) is 0 Å². The highest BCUT2D eigenvalue weighted by atomic mass is 32.2. The Labute approximate surface area is 168 Å². The number of aromatic nitrogens is 5. The van der Waals surface area contributed by atoms with Gasteiger partial charge in [0.25, 0.3) is 10.2 Å². The van der Waals surface area contributed by atoms with Crippen molar-refractivity contribution in [3.05, 3.63) is 24.3 Å². The van der Waals surface area contributed by atoms with Crippen molar-refractivity contribution < 1.29 is 8.42 Å². The first-order valence-corrected chi connectivity index (χ1v) is 11.3. The summed E-state index contributed by atoms with van der Waals surface area (Å²) in [5.41, 5.74) is 2.38. The molecule has 0 bridgehead atoms. The molecule has 5 rings (SSSR count). The van der Waals surface area contributed by atoms with Crippen molar-refractivity contribution >= 4 is 27.0 Å². The lowest BCUT2D eigenvalue weighted by molar-refractivity contribution is 0.243. The third-order valence-corrected chi connectivity index (χ3v) is 7.81. The van der Waals surface area contributed by atoms with Crippen molar-refractivity contribution in [2.24, 2.45) is 11.8 Å². The Kier molecular flexibility index (Phi) is 4.31. The molecule has 10 nitrogen and oxygen atoms in total. The van der Waals surface area contributed by atoms with Crippen LogP contribution >= 0.6 is 0 Å². The second-order valence-corrected chi connectivity index (χ2v) is 9.63. The summed E-state index contributed by atoms with van der Waals surface area (Å²) < 4.78 is 31.5. The van der Waals surface area contributed by atoms with Gasteiger partial charge < -0.3 is 4.98 Å². The molecular weight excluding hydrogens is 392 g/mol. The summed E-state index contributed by atoms with van der Waals surface area (Å²) in [4.78, 5) is 7.47. The summed E-state index contributed by atoms with van der Waals surface area (Å²) in [6.45, 7) is 2.66. The van der Waals surface area contributed by atoms with Crippen molar-refractivity contribution in [1.29, 1.82) is 5.26 Å². The van der Waals surface area contributed by atoms with Gasteiger partial charge in [0.2, 0.25) is 0 Å². The lowest BCUT2D eigenvalue weighted by Crippen LogP contribution is -2.55. The van der Waals surface area contributed by atoms with Crippen LogP contribution in [0.3, 0.4) is 0 Å². The Morgan fingerprint density at radius 1 is 1.34 bits per heavy atom. The summed E-state index contributed by atoms with van der Waals surface area (Å²) in [5.74, 6) is 1.06. The molecule has 1 aliphatic heterocycles. The molecule has 11 heteroatoms. The minimum atomic E-state index is -3.57. The quantitative estimate of drug-likeness (QED) is 0.644. The maximum absolute atomic E-state index is 12.6. The summed E-state index contributed by atoms with van der Waals surface area (Å²) in [6, 6.07) is 3.90. The summed E-state index contributed by atoms with van der Waals surface area (Å²) in [7, 11) is -3.57. The molecule has 1 saturated carbocycles. The van der Waals surface area contributed by atoms with E-state index in [9.17, 15) is 8.42 Å². The fraction of sp³-hybridized carbons (Fsp3) is 0.556. The van der Waals surface area contributed by atoms with Crippen LogP contribution < -0.4 is 4.72 Å². The smallest absolute Gasteiger partial charge is 0.279 e. The van der Waals surface area contributed by atoms with Crippen LogP contribution in [0, 0.1) is 23.2 Å². The van der Waals surface area contributed by atoms with E-state index < -0.39 is 10.2 Å². The molecule has 152 valence electrons. The third-order valence-electron chi connectivity index (χ3n) is 6.20. The lowest BCUT2D eigenvalue weighted by Gasteiger charge is -2.34. The molecule has 3 aromatic rings. The van der Waals surface area contributed by atoms with E-state index in [-0.39, 0.29) is 31.0 Å². The predicted octanol–water partition coefficient (Wildman–Crippen LogP) is 1.17. The van der Waals surface area contributed by atoms with Gasteiger partial charge in [-0.2, -0.15) is 22.7 Å². The van der Waals surface area contributed by atoms with Crippen LogP contribution in [0.2, 0.25) is 0 Å². The number of hydrogen-bond acceptors (Lipinski definition) is 6. The number of nitrogens with one attached hydrogen (secondary N) is 2. The van der Waals surface area contributed by atoms with E-state index in [2.05, 4.69) is 37.9 Å². The van der Waals surface area contributed by atoms with Gasteiger partial charge >= 0.3 is 0 Å². The largest absolute Gasteiger partial charge is 0.345 e. The van der Waals surface area contributed by atoms with Gasteiger partial charge in [-0.1, -0.05) is 13.3 Å². The van der Waals surface area contributed by atoms with Crippen molar-refractivity contribution in [2.75, 3.05) is 13.1 Å². The second kappa shape index (κ2) is 6.76. The van der Waals surface area contributed by atoms with Gasteiger partial charge in [-0.15, -0.1) is 10.2 Å². The minimum Gasteiger partial charge on any atom is -0.345 e. The van der Waals surface area contributed by atoms with E-state index in [1.165, 1.54) is 4.31 Å². The van der Waals surface area contributed by atoms with Crippen LogP contribution in [0.4, 0.5) is 0 Å². The maximum atomic E-state index is 12.6. The standard InChI is InChI=1S/C18H22N8O2S/c1-2-12-5-13(24-29(27,28)25-9-11(7-19)10-25)6-14(12)18-23-22-16-8-21-17-15(26(16)18)3-4-20-17/h3-4,8,11-14,20,24H,2,5-6,9-10H2,1H3. The van der Waals surface area contributed by atoms with E-state index in [1.807, 2.05) is 16.7 Å². The van der Waals surface area contributed by atoms with Crippen LogP contribution in [0.15, 0.2) is 18.5 Å². The highest BCUT2D eigenvalue weighted by Gasteiger charge is 2.42. The minimum absolute atomic E-state index is 0.103. The zero-order valence-corrected chi connectivity index (χ0v) is 16.8. The molecule has 0 spiro atoms. The zero-order valence-electron chi connectivity index (χ0n) is 16.0. The number of nitrogens with zero attached hydrogens (tertiary/aromatic N) is 6. The van der Waals surface area contributed by atoms with Gasteiger partial charge in [-0.3, -0.25) is 4.40 Å². The molecule has 2 aliphatic rings. The molecule has 2 fully saturated rings. The fourth-order valence-corrected chi connectivity index (χ4v) is 6.14. The Bertz CT molecular complexity index is 1200. The van der Waals surface area contributed by atoms with Crippen molar-refractivity contribution in [1.82, 2.24) is 33.6 Å². The van der Waals surface area contributed by atoms with Crippen LogP contribution in [-0.2, 0) is 10.2 Å². The van der Waals surface area contributed by atoms with Crippen LogP contribution in [0.1, 0.15) is 37.9 Å². The molecule has 29 heavy (non-hydrogen) atoms. The van der Waals surface area contributed by atoms with Gasteiger partial charge in [0.05, 0.1) is 23.7 Å². The van der Waals surface area contributed by atoms with E-state index >= 15 is 0 Å². The summed E-state index contributed by atoms with van der Waals surface area (Å²) >= 11 is 0. The predicted molar refractivity (Wildman–Crippen MR) is 105 cm³/mol. The van der Waals surface area contributed by atoms with Crippen molar-refractivity contribution in [3.8, 4) is 6.07 Å². The van der Waals surface area contributed by atoms with Gasteiger partial charge in [0.1, 0.15) is 5.82 Å². The summed E-state index contributed by atoms with van der Waals surface area (Å²) in [5, 5.41) is 17.6. The molecule has 0 amide bonds. The summed E-state index contributed by atoms with van der Waals surface area (Å²) in [6.07, 6.45) is 5.89. The second-order valence-electron chi connectivity index (χ2n) is 7.93. The van der Waals surface area contributed by atoms with Crippen molar-refractivity contribution in [2.45, 2.75) is 38.1 Å². The number of hydrogen-bond donors (Lipinski definition) is 2. The number of aromatic amines is 1. The molecule has 4 heterocycles. The average molecular weight is 414 g/mol. The van der Waals surface area contributed by atoms with E-state index in [4.69, 9.17) is 5.26 Å². The monoisotopic (exact) mass is 414 g/mol. The molecule has 2 N–H and O–H groups in total. The molecule has 3 aromatic heterocycles. The normalized spacial score (nSPS) is 26.1. The number of rotatable bonds is 5. The Balaban J connectivity index is 1.41. The fourth-order valence-electron chi connectivity index (χ4n) is 4.63. The van der Waals surface area contributed by atoms with Crippen LogP contribution in [0.5, 0.6) is 0 Å². The molecule has 0 radical (unpaired) electrons. The molecular formula is C18H22N8O2S. The Morgan fingerprint density at radius 3 is 2.93 bits per heavy atom. The zero-order chi connectivity index (χ0) is 20.2. The molecule has 1 aliphatic carbocycles. The Hall–Kier alpha value is -2.55. The molecule has 1 saturated heterocycles.